The highest BCUT2D eigenvalue weighted by Crippen LogP contribution is 2.55. The van der Waals surface area contributed by atoms with E-state index in [0.717, 1.165) is 33.4 Å². The molecule has 7 rings (SSSR count). The van der Waals surface area contributed by atoms with Gasteiger partial charge in [-0.05, 0) is 68.4 Å². The number of thioether (sulfide) groups is 1. The van der Waals surface area contributed by atoms with Gasteiger partial charge in [-0.15, -0.1) is 10.2 Å². The van der Waals surface area contributed by atoms with E-state index in [1.54, 1.807) is 11.3 Å². The van der Waals surface area contributed by atoms with E-state index in [0.29, 0.717) is 5.75 Å². The summed E-state index contributed by atoms with van der Waals surface area (Å²) in [6, 6.07) is 8.25. The number of amides is 1. The third-order valence-electron chi connectivity index (χ3n) is 6.69. The van der Waals surface area contributed by atoms with E-state index in [-0.39, 0.29) is 11.4 Å². The Hall–Kier alpha value is -1.60. The third kappa shape index (κ3) is 2.70. The maximum Gasteiger partial charge on any atom is 0.230 e. The fourth-order valence-corrected chi connectivity index (χ4v) is 7.94. The minimum Gasteiger partial charge on any atom is -0.350 e. The van der Waals surface area contributed by atoms with Crippen LogP contribution < -0.4 is 5.32 Å². The zero-order valence-corrected chi connectivity index (χ0v) is 16.7. The van der Waals surface area contributed by atoms with Crippen molar-refractivity contribution in [3.8, 4) is 0 Å². The molecule has 1 amide bonds. The van der Waals surface area contributed by atoms with Gasteiger partial charge in [0.05, 0.1) is 16.0 Å². The fraction of sp³-hybridized carbons (Fsp3) is 0.550. The fourth-order valence-electron chi connectivity index (χ4n) is 6.17. The first-order chi connectivity index (χ1) is 13.2. The van der Waals surface area contributed by atoms with Crippen molar-refractivity contribution in [1.82, 2.24) is 19.9 Å². The molecule has 0 atom stereocenters. The molecule has 1 aromatic carbocycles. The van der Waals surface area contributed by atoms with Crippen LogP contribution in [0.4, 0.5) is 0 Å². The van der Waals surface area contributed by atoms with Crippen molar-refractivity contribution in [3.63, 3.8) is 0 Å². The van der Waals surface area contributed by atoms with Gasteiger partial charge in [0, 0.05) is 5.54 Å². The number of para-hydroxylation sites is 1. The van der Waals surface area contributed by atoms with Crippen molar-refractivity contribution >= 4 is 44.2 Å². The first-order valence-electron chi connectivity index (χ1n) is 9.84. The number of carbonyl (C=O) groups excluding carboxylic acids is 1. The van der Waals surface area contributed by atoms with Crippen LogP contribution in [0, 0.1) is 17.8 Å². The average Bonchev–Trinajstić information content (AvgIpc) is 3.17. The molecule has 1 N–H and O–H groups in total. The van der Waals surface area contributed by atoms with Gasteiger partial charge in [-0.2, -0.15) is 0 Å². The van der Waals surface area contributed by atoms with Crippen LogP contribution in [0.3, 0.4) is 0 Å². The third-order valence-corrected chi connectivity index (χ3v) is 8.63. The lowest BCUT2D eigenvalue weighted by Gasteiger charge is -2.56. The molecule has 4 aliphatic rings. The SMILES string of the molecule is O=C(CSc1nnc2sc3ccccc3n12)NC12CC3CC(CC(C3)C1)C2. The summed E-state index contributed by atoms with van der Waals surface area (Å²) in [6.45, 7) is 0. The second-order valence-corrected chi connectivity index (χ2v) is 10.7. The zero-order valence-electron chi connectivity index (χ0n) is 15.1. The molecule has 27 heavy (non-hydrogen) atoms. The molecule has 5 nitrogen and oxygen atoms in total. The van der Waals surface area contributed by atoms with Gasteiger partial charge in [0.2, 0.25) is 10.9 Å². The Kier molecular flexibility index (Phi) is 3.60. The van der Waals surface area contributed by atoms with E-state index in [9.17, 15) is 4.79 Å². The van der Waals surface area contributed by atoms with Crippen molar-refractivity contribution in [3.05, 3.63) is 24.3 Å². The first-order valence-corrected chi connectivity index (χ1v) is 11.6. The molecular formula is C20H22N4OS2. The lowest BCUT2D eigenvalue weighted by molar-refractivity contribution is -0.124. The molecule has 7 heteroatoms. The summed E-state index contributed by atoms with van der Waals surface area (Å²) in [7, 11) is 0. The van der Waals surface area contributed by atoms with E-state index in [1.165, 1.54) is 55.0 Å². The Morgan fingerprint density at radius 2 is 1.85 bits per heavy atom. The zero-order chi connectivity index (χ0) is 18.0. The number of nitrogens with zero attached hydrogens (tertiary/aromatic N) is 3. The summed E-state index contributed by atoms with van der Waals surface area (Å²) in [5.74, 6) is 3.10. The lowest BCUT2D eigenvalue weighted by atomic mass is 9.53. The molecule has 140 valence electrons. The molecule has 0 unspecified atom stereocenters. The quantitative estimate of drug-likeness (QED) is 0.672. The molecule has 4 fully saturated rings. The van der Waals surface area contributed by atoms with Crippen molar-refractivity contribution < 1.29 is 4.79 Å². The minimum atomic E-state index is 0.0850. The van der Waals surface area contributed by atoms with Crippen molar-refractivity contribution in [2.24, 2.45) is 17.8 Å². The molecule has 4 saturated carbocycles. The lowest BCUT2D eigenvalue weighted by Crippen LogP contribution is -2.60. The maximum absolute atomic E-state index is 12.8. The molecular weight excluding hydrogens is 376 g/mol. The number of thiazole rings is 1. The van der Waals surface area contributed by atoms with Gasteiger partial charge in [0.15, 0.2) is 5.16 Å². The number of aromatic nitrogens is 3. The van der Waals surface area contributed by atoms with Crippen LogP contribution in [-0.2, 0) is 4.79 Å². The summed E-state index contributed by atoms with van der Waals surface area (Å²) in [5.41, 5.74) is 1.20. The Balaban J connectivity index is 1.18. The van der Waals surface area contributed by atoms with Crippen LogP contribution >= 0.6 is 23.1 Å². The van der Waals surface area contributed by atoms with Gasteiger partial charge in [-0.3, -0.25) is 9.20 Å². The molecule has 0 spiro atoms. The number of rotatable bonds is 4. The summed E-state index contributed by atoms with van der Waals surface area (Å²) < 4.78 is 3.27. The summed E-state index contributed by atoms with van der Waals surface area (Å²) >= 11 is 3.13. The van der Waals surface area contributed by atoms with Crippen LogP contribution in [0.1, 0.15) is 38.5 Å². The largest absolute Gasteiger partial charge is 0.350 e. The Morgan fingerprint density at radius 1 is 1.15 bits per heavy atom. The molecule has 0 aliphatic heterocycles. The van der Waals surface area contributed by atoms with Gasteiger partial charge in [-0.25, -0.2) is 0 Å². The Labute approximate surface area is 165 Å². The van der Waals surface area contributed by atoms with E-state index in [1.807, 2.05) is 12.1 Å². The number of hydrogen-bond donors (Lipinski definition) is 1. The Morgan fingerprint density at radius 3 is 2.59 bits per heavy atom. The first kappa shape index (κ1) is 16.4. The van der Waals surface area contributed by atoms with Crippen LogP contribution in [0.25, 0.3) is 15.2 Å². The van der Waals surface area contributed by atoms with Crippen LogP contribution in [0.2, 0.25) is 0 Å². The Bertz CT molecular complexity index is 1000. The van der Waals surface area contributed by atoms with Gasteiger partial charge in [-0.1, -0.05) is 35.2 Å². The van der Waals surface area contributed by atoms with Crippen LogP contribution in [0.5, 0.6) is 0 Å². The normalized spacial score (nSPS) is 31.8. The monoisotopic (exact) mass is 398 g/mol. The van der Waals surface area contributed by atoms with Crippen molar-refractivity contribution in [1.29, 1.82) is 0 Å². The second kappa shape index (κ2) is 5.95. The van der Waals surface area contributed by atoms with Crippen molar-refractivity contribution in [2.45, 2.75) is 49.2 Å². The average molecular weight is 399 g/mol. The van der Waals surface area contributed by atoms with E-state index in [2.05, 4.69) is 32.0 Å². The smallest absolute Gasteiger partial charge is 0.230 e. The van der Waals surface area contributed by atoms with Gasteiger partial charge < -0.3 is 5.32 Å². The predicted octanol–water partition coefficient (Wildman–Crippen LogP) is 4.12. The summed E-state index contributed by atoms with van der Waals surface area (Å²) in [6.07, 6.45) is 7.77. The standard InChI is InChI=1S/C20H22N4OS2/c25-17(21-20-8-12-5-13(9-20)7-14(6-12)10-20)11-26-18-22-23-19-24(18)15-3-1-2-4-16(15)27-19/h1-4,12-14H,5-11H2,(H,21,25). The highest BCUT2D eigenvalue weighted by Gasteiger charge is 2.51. The van der Waals surface area contributed by atoms with E-state index >= 15 is 0 Å². The topological polar surface area (TPSA) is 59.3 Å². The number of benzene rings is 1. The van der Waals surface area contributed by atoms with Crippen molar-refractivity contribution in [2.75, 3.05) is 5.75 Å². The highest BCUT2D eigenvalue weighted by molar-refractivity contribution is 7.99. The number of fused-ring (bicyclic) bond motifs is 3. The number of carbonyl (C=O) groups is 1. The predicted molar refractivity (Wildman–Crippen MR) is 108 cm³/mol. The van der Waals surface area contributed by atoms with Gasteiger partial charge in [0.1, 0.15) is 0 Å². The van der Waals surface area contributed by atoms with Crippen LogP contribution in [0.15, 0.2) is 29.4 Å². The summed E-state index contributed by atoms with van der Waals surface area (Å²) in [5, 5.41) is 12.9. The van der Waals surface area contributed by atoms with E-state index < -0.39 is 0 Å². The highest BCUT2D eigenvalue weighted by atomic mass is 32.2. The molecule has 0 saturated heterocycles. The van der Waals surface area contributed by atoms with Gasteiger partial charge >= 0.3 is 0 Å². The second-order valence-electron chi connectivity index (χ2n) is 8.71. The number of hydrogen-bond acceptors (Lipinski definition) is 5. The molecule has 3 aromatic rings. The molecule has 2 aromatic heterocycles. The molecule has 4 aliphatic carbocycles. The van der Waals surface area contributed by atoms with E-state index in [4.69, 9.17) is 0 Å². The molecule has 0 radical (unpaired) electrons. The molecule has 2 heterocycles. The molecule has 4 bridgehead atoms. The minimum absolute atomic E-state index is 0.0850. The summed E-state index contributed by atoms with van der Waals surface area (Å²) in [4.78, 5) is 13.7. The van der Waals surface area contributed by atoms with Crippen LogP contribution in [-0.4, -0.2) is 31.8 Å². The van der Waals surface area contributed by atoms with Gasteiger partial charge in [0.25, 0.3) is 0 Å². The number of nitrogens with one attached hydrogen (secondary N) is 1. The maximum atomic E-state index is 12.8.